The number of nitrogens with zero attached hydrogens (tertiary/aromatic N) is 1. The quantitative estimate of drug-likeness (QED) is 0.806. The molecule has 0 bridgehead atoms. The standard InChI is InChI=1S/C15H12ClNO3/c16-14-8-7-13(20-14)15(19)17-9-3-6-12(18)10-4-1-2-5-11(10)17/h1-2,4-5,7-8H,3,6,9H2. The van der Waals surface area contributed by atoms with Crippen LogP contribution in [0.1, 0.15) is 33.8 Å². The maximum atomic E-state index is 12.5. The molecule has 0 saturated heterocycles. The number of para-hydroxylation sites is 1. The van der Waals surface area contributed by atoms with Crippen molar-refractivity contribution < 1.29 is 14.0 Å². The number of amides is 1. The first-order valence-electron chi connectivity index (χ1n) is 6.36. The van der Waals surface area contributed by atoms with Crippen molar-refractivity contribution in [3.05, 3.63) is 52.9 Å². The molecule has 4 nitrogen and oxygen atoms in total. The number of hydrogen-bond acceptors (Lipinski definition) is 3. The summed E-state index contributed by atoms with van der Waals surface area (Å²) in [5.74, 6) is -0.0356. The molecule has 0 aliphatic carbocycles. The van der Waals surface area contributed by atoms with Crippen molar-refractivity contribution in [3.63, 3.8) is 0 Å². The van der Waals surface area contributed by atoms with E-state index in [0.29, 0.717) is 30.6 Å². The summed E-state index contributed by atoms with van der Waals surface area (Å²) in [5, 5.41) is 0.174. The Morgan fingerprint density at radius 2 is 2.00 bits per heavy atom. The number of furan rings is 1. The molecule has 1 aromatic heterocycles. The molecule has 2 aromatic rings. The van der Waals surface area contributed by atoms with E-state index in [9.17, 15) is 9.59 Å². The largest absolute Gasteiger partial charge is 0.440 e. The first-order chi connectivity index (χ1) is 9.66. The summed E-state index contributed by atoms with van der Waals surface area (Å²) >= 11 is 5.71. The summed E-state index contributed by atoms with van der Waals surface area (Å²) in [6.07, 6.45) is 1.08. The number of carbonyl (C=O) groups excluding carboxylic acids is 2. The Bertz CT molecular complexity index is 677. The fraction of sp³-hybridized carbons (Fsp3) is 0.200. The van der Waals surface area contributed by atoms with Gasteiger partial charge in [-0.2, -0.15) is 0 Å². The zero-order valence-electron chi connectivity index (χ0n) is 10.6. The molecule has 1 aliphatic rings. The zero-order valence-corrected chi connectivity index (χ0v) is 11.4. The maximum Gasteiger partial charge on any atom is 0.294 e. The van der Waals surface area contributed by atoms with E-state index in [4.69, 9.17) is 16.0 Å². The Morgan fingerprint density at radius 1 is 1.20 bits per heavy atom. The topological polar surface area (TPSA) is 50.5 Å². The number of anilines is 1. The molecule has 0 N–H and O–H groups in total. The third kappa shape index (κ3) is 2.23. The lowest BCUT2D eigenvalue weighted by molar-refractivity contribution is 0.0956. The summed E-state index contributed by atoms with van der Waals surface area (Å²) in [6, 6.07) is 10.2. The Morgan fingerprint density at radius 3 is 2.75 bits per heavy atom. The lowest BCUT2D eigenvalue weighted by Crippen LogP contribution is -2.31. The van der Waals surface area contributed by atoms with E-state index >= 15 is 0 Å². The smallest absolute Gasteiger partial charge is 0.294 e. The monoisotopic (exact) mass is 289 g/mol. The minimum absolute atomic E-state index is 0.0633. The molecule has 0 radical (unpaired) electrons. The highest BCUT2D eigenvalue weighted by Gasteiger charge is 2.27. The molecule has 5 heteroatoms. The number of Topliss-reactive ketones (excluding diaryl/α,β-unsaturated/α-hetero) is 1. The van der Waals surface area contributed by atoms with Crippen LogP contribution < -0.4 is 4.90 Å². The second kappa shape index (κ2) is 5.13. The SMILES string of the molecule is O=C1CCCN(C(=O)c2ccc(Cl)o2)c2ccccc21. The van der Waals surface area contributed by atoms with E-state index in [-0.39, 0.29) is 22.7 Å². The minimum atomic E-state index is -0.279. The van der Waals surface area contributed by atoms with Crippen LogP contribution in [0, 0.1) is 0 Å². The maximum absolute atomic E-state index is 12.5. The number of halogens is 1. The Labute approximate surface area is 120 Å². The Kier molecular flexibility index (Phi) is 3.32. The molecule has 0 saturated carbocycles. The number of hydrogen-bond donors (Lipinski definition) is 0. The van der Waals surface area contributed by atoms with Crippen molar-refractivity contribution in [2.75, 3.05) is 11.4 Å². The first-order valence-corrected chi connectivity index (χ1v) is 6.74. The molecule has 1 aliphatic heterocycles. The average molecular weight is 290 g/mol. The van der Waals surface area contributed by atoms with Gasteiger partial charge in [0, 0.05) is 18.5 Å². The molecule has 2 heterocycles. The predicted molar refractivity (Wildman–Crippen MR) is 75.4 cm³/mol. The molecule has 0 fully saturated rings. The van der Waals surface area contributed by atoms with Crippen LogP contribution in [-0.2, 0) is 0 Å². The molecule has 0 spiro atoms. The van der Waals surface area contributed by atoms with Gasteiger partial charge in [-0.15, -0.1) is 0 Å². The minimum Gasteiger partial charge on any atom is -0.440 e. The Balaban J connectivity index is 2.03. The molecular formula is C15H12ClNO3. The van der Waals surface area contributed by atoms with Crippen LogP contribution in [0.2, 0.25) is 5.22 Å². The fourth-order valence-corrected chi connectivity index (χ4v) is 2.52. The Hall–Kier alpha value is -2.07. The number of carbonyl (C=O) groups is 2. The van der Waals surface area contributed by atoms with Gasteiger partial charge < -0.3 is 9.32 Å². The van der Waals surface area contributed by atoms with E-state index in [1.54, 1.807) is 29.2 Å². The van der Waals surface area contributed by atoms with Gasteiger partial charge in [0.05, 0.1) is 5.69 Å². The van der Waals surface area contributed by atoms with Crippen molar-refractivity contribution in [3.8, 4) is 0 Å². The highest BCUT2D eigenvalue weighted by atomic mass is 35.5. The fourth-order valence-electron chi connectivity index (χ4n) is 2.37. The van der Waals surface area contributed by atoms with Crippen molar-refractivity contribution >= 4 is 29.0 Å². The third-order valence-electron chi connectivity index (χ3n) is 3.31. The summed E-state index contributed by atoms with van der Waals surface area (Å²) in [6.45, 7) is 0.486. The van der Waals surface area contributed by atoms with E-state index in [0.717, 1.165) is 0 Å². The molecule has 1 amide bonds. The van der Waals surface area contributed by atoms with Crippen LogP contribution in [0.25, 0.3) is 0 Å². The van der Waals surface area contributed by atoms with Crippen LogP contribution in [0.5, 0.6) is 0 Å². The van der Waals surface area contributed by atoms with E-state index in [1.165, 1.54) is 6.07 Å². The van der Waals surface area contributed by atoms with Crippen LogP contribution >= 0.6 is 11.6 Å². The van der Waals surface area contributed by atoms with Crippen LogP contribution in [0.4, 0.5) is 5.69 Å². The van der Waals surface area contributed by atoms with Gasteiger partial charge in [-0.05, 0) is 42.3 Å². The van der Waals surface area contributed by atoms with Crippen molar-refractivity contribution in [2.24, 2.45) is 0 Å². The van der Waals surface area contributed by atoms with Gasteiger partial charge in [0.25, 0.3) is 5.91 Å². The molecule has 1 aromatic carbocycles. The van der Waals surface area contributed by atoms with Crippen molar-refractivity contribution in [1.29, 1.82) is 0 Å². The van der Waals surface area contributed by atoms with Gasteiger partial charge in [-0.3, -0.25) is 9.59 Å². The van der Waals surface area contributed by atoms with Gasteiger partial charge >= 0.3 is 0 Å². The molecule has 3 rings (SSSR count). The lowest BCUT2D eigenvalue weighted by atomic mass is 10.1. The van der Waals surface area contributed by atoms with E-state index < -0.39 is 0 Å². The second-order valence-corrected chi connectivity index (χ2v) is 4.98. The van der Waals surface area contributed by atoms with E-state index in [2.05, 4.69) is 0 Å². The average Bonchev–Trinajstić information content (AvgIpc) is 2.82. The molecule has 20 heavy (non-hydrogen) atoms. The molecule has 0 atom stereocenters. The normalized spacial score (nSPS) is 14.8. The molecular weight excluding hydrogens is 278 g/mol. The third-order valence-corrected chi connectivity index (χ3v) is 3.51. The lowest BCUT2D eigenvalue weighted by Gasteiger charge is -2.21. The molecule has 0 unspecified atom stereocenters. The number of benzene rings is 1. The van der Waals surface area contributed by atoms with Crippen LogP contribution in [0.15, 0.2) is 40.8 Å². The van der Waals surface area contributed by atoms with Crippen molar-refractivity contribution in [2.45, 2.75) is 12.8 Å². The van der Waals surface area contributed by atoms with Gasteiger partial charge in [-0.1, -0.05) is 12.1 Å². The number of rotatable bonds is 1. The number of ketones is 1. The van der Waals surface area contributed by atoms with Crippen LogP contribution in [0.3, 0.4) is 0 Å². The summed E-state index contributed by atoms with van der Waals surface area (Å²) in [4.78, 5) is 26.1. The zero-order chi connectivity index (χ0) is 14.1. The summed E-state index contributed by atoms with van der Waals surface area (Å²) in [5.41, 5.74) is 1.21. The van der Waals surface area contributed by atoms with Gasteiger partial charge in [0.2, 0.25) is 0 Å². The van der Waals surface area contributed by atoms with E-state index in [1.807, 2.05) is 6.07 Å². The highest BCUT2D eigenvalue weighted by Crippen LogP contribution is 2.28. The summed E-state index contributed by atoms with van der Waals surface area (Å²) < 4.78 is 5.17. The van der Waals surface area contributed by atoms with Crippen LogP contribution in [-0.4, -0.2) is 18.2 Å². The first kappa shape index (κ1) is 12.9. The van der Waals surface area contributed by atoms with Gasteiger partial charge in [-0.25, -0.2) is 0 Å². The highest BCUT2D eigenvalue weighted by molar-refractivity contribution is 6.29. The van der Waals surface area contributed by atoms with Crippen molar-refractivity contribution in [1.82, 2.24) is 0 Å². The summed E-state index contributed by atoms with van der Waals surface area (Å²) in [7, 11) is 0. The molecule has 102 valence electrons. The second-order valence-electron chi connectivity index (χ2n) is 4.60. The predicted octanol–water partition coefficient (Wildman–Crippen LogP) is 3.56. The van der Waals surface area contributed by atoms with Gasteiger partial charge in [0.1, 0.15) is 0 Å². The van der Waals surface area contributed by atoms with Gasteiger partial charge in [0.15, 0.2) is 16.8 Å². The number of fused-ring (bicyclic) bond motifs is 1.